The van der Waals surface area contributed by atoms with Gasteiger partial charge in [-0.3, -0.25) is 9.69 Å². The first kappa shape index (κ1) is 23.3. The van der Waals surface area contributed by atoms with Crippen LogP contribution in [0.15, 0.2) is 46.9 Å². The molecular weight excluding hydrogens is 448 g/mol. The van der Waals surface area contributed by atoms with Crippen LogP contribution in [0.1, 0.15) is 23.7 Å². The Morgan fingerprint density at radius 3 is 2.86 bits per heavy atom. The number of ether oxygens (including phenoxy) is 2. The summed E-state index contributed by atoms with van der Waals surface area (Å²) in [4.78, 5) is 24.9. The van der Waals surface area contributed by atoms with Gasteiger partial charge < -0.3 is 20.1 Å². The lowest BCUT2D eigenvalue weighted by molar-refractivity contribution is -0.134. The molecule has 2 atom stereocenters. The standard InChI is InChI=1S/C24H30N8O3/c1-16-3-4-26-23(28-16)30-29-20-12-18(15-31-7-9-34-10-8-31)11-19(13-20)21-14-27-24(35-21)32-6-5-25-22(33)17(32)2/h3-4,11-14,17,24,27H,5-10,15H2,1-2H3,(H,25,33). The van der Waals surface area contributed by atoms with E-state index in [4.69, 9.17) is 9.47 Å². The number of hydrogen-bond donors (Lipinski definition) is 2. The lowest BCUT2D eigenvalue weighted by Gasteiger charge is -2.36. The van der Waals surface area contributed by atoms with E-state index in [1.54, 1.807) is 6.20 Å². The fourth-order valence-electron chi connectivity index (χ4n) is 4.34. The van der Waals surface area contributed by atoms with Crippen LogP contribution in [0.3, 0.4) is 0 Å². The third-order valence-corrected chi connectivity index (χ3v) is 6.25. The van der Waals surface area contributed by atoms with E-state index in [-0.39, 0.29) is 11.9 Å². The summed E-state index contributed by atoms with van der Waals surface area (Å²) in [6, 6.07) is 7.61. The van der Waals surface area contributed by atoms with Crippen LogP contribution >= 0.6 is 0 Å². The zero-order chi connectivity index (χ0) is 24.2. The van der Waals surface area contributed by atoms with Gasteiger partial charge in [-0.1, -0.05) is 0 Å². The molecule has 0 saturated carbocycles. The van der Waals surface area contributed by atoms with Crippen LogP contribution in [-0.2, 0) is 20.8 Å². The predicted molar refractivity (Wildman–Crippen MR) is 129 cm³/mol. The van der Waals surface area contributed by atoms with Crippen LogP contribution in [-0.4, -0.2) is 77.5 Å². The lowest BCUT2D eigenvalue weighted by atomic mass is 10.1. The summed E-state index contributed by atoms with van der Waals surface area (Å²) in [6.07, 6.45) is 3.11. The largest absolute Gasteiger partial charge is 0.455 e. The van der Waals surface area contributed by atoms with Gasteiger partial charge in [0.2, 0.25) is 12.3 Å². The molecule has 3 aliphatic heterocycles. The van der Waals surface area contributed by atoms with Crippen LogP contribution < -0.4 is 10.6 Å². The second-order valence-corrected chi connectivity index (χ2v) is 8.82. The Kier molecular flexibility index (Phi) is 6.98. The maximum atomic E-state index is 12.1. The number of piperazine rings is 1. The Labute approximate surface area is 204 Å². The van der Waals surface area contributed by atoms with Crippen LogP contribution in [0.25, 0.3) is 5.76 Å². The highest BCUT2D eigenvalue weighted by Gasteiger charge is 2.34. The molecule has 35 heavy (non-hydrogen) atoms. The van der Waals surface area contributed by atoms with Crippen molar-refractivity contribution in [3.05, 3.63) is 53.5 Å². The average Bonchev–Trinajstić information content (AvgIpc) is 3.35. The van der Waals surface area contributed by atoms with Gasteiger partial charge in [-0.2, -0.15) is 0 Å². The number of rotatable bonds is 6. The molecule has 0 radical (unpaired) electrons. The van der Waals surface area contributed by atoms with E-state index in [1.807, 2.05) is 43.1 Å². The van der Waals surface area contributed by atoms with Crippen molar-refractivity contribution in [1.29, 1.82) is 0 Å². The molecule has 11 nitrogen and oxygen atoms in total. The number of hydrogen-bond acceptors (Lipinski definition) is 10. The first-order valence-corrected chi connectivity index (χ1v) is 11.9. The number of morpholine rings is 1. The fourth-order valence-corrected chi connectivity index (χ4v) is 4.34. The maximum Gasteiger partial charge on any atom is 0.269 e. The van der Waals surface area contributed by atoms with Crippen molar-refractivity contribution in [3.63, 3.8) is 0 Å². The van der Waals surface area contributed by atoms with Gasteiger partial charge in [0, 0.05) is 56.4 Å². The minimum atomic E-state index is -0.403. The van der Waals surface area contributed by atoms with Crippen molar-refractivity contribution in [2.75, 3.05) is 39.4 Å². The monoisotopic (exact) mass is 478 g/mol. The van der Waals surface area contributed by atoms with Crippen molar-refractivity contribution in [2.24, 2.45) is 10.2 Å². The van der Waals surface area contributed by atoms with Gasteiger partial charge in [-0.05, 0) is 43.7 Å². The van der Waals surface area contributed by atoms with Crippen LogP contribution in [0.5, 0.6) is 0 Å². The first-order chi connectivity index (χ1) is 17.0. The number of benzene rings is 1. The van der Waals surface area contributed by atoms with Crippen LogP contribution in [0, 0.1) is 6.92 Å². The molecule has 2 aromatic rings. The molecule has 1 aromatic heterocycles. The number of amides is 1. The minimum Gasteiger partial charge on any atom is -0.455 e. The SMILES string of the molecule is Cc1ccnc(N=Nc2cc(CN3CCOCC3)cc(C3=CNC(N4CCNC(=O)C4C)O3)c2)n1. The van der Waals surface area contributed by atoms with Crippen molar-refractivity contribution in [1.82, 2.24) is 30.4 Å². The van der Waals surface area contributed by atoms with E-state index in [0.29, 0.717) is 30.5 Å². The maximum absolute atomic E-state index is 12.1. The molecule has 2 unspecified atom stereocenters. The molecule has 3 aliphatic rings. The molecule has 2 N–H and O–H groups in total. The van der Waals surface area contributed by atoms with Crippen molar-refractivity contribution in [3.8, 4) is 0 Å². The molecule has 5 rings (SSSR count). The van der Waals surface area contributed by atoms with E-state index in [2.05, 4.69) is 41.8 Å². The molecule has 2 saturated heterocycles. The zero-order valence-electron chi connectivity index (χ0n) is 20.0. The van der Waals surface area contributed by atoms with Crippen molar-refractivity contribution in [2.45, 2.75) is 32.8 Å². The molecule has 1 aromatic carbocycles. The third-order valence-electron chi connectivity index (χ3n) is 6.25. The summed E-state index contributed by atoms with van der Waals surface area (Å²) in [7, 11) is 0. The number of carbonyl (C=O) groups excluding carboxylic acids is 1. The highest BCUT2D eigenvalue weighted by Crippen LogP contribution is 2.29. The molecule has 0 bridgehead atoms. The van der Waals surface area contributed by atoms with Gasteiger partial charge in [-0.15, -0.1) is 10.2 Å². The molecule has 1 amide bonds. The fraction of sp³-hybridized carbons (Fsp3) is 0.458. The number of nitrogens with one attached hydrogen (secondary N) is 2. The van der Waals surface area contributed by atoms with E-state index in [9.17, 15) is 4.79 Å². The molecule has 0 aliphatic carbocycles. The number of aryl methyl sites for hydroxylation is 1. The van der Waals surface area contributed by atoms with Gasteiger partial charge >= 0.3 is 0 Å². The lowest BCUT2D eigenvalue weighted by Crippen LogP contribution is -2.59. The molecule has 0 spiro atoms. The normalized spacial score (nSPS) is 23.6. The van der Waals surface area contributed by atoms with Gasteiger partial charge in [0.05, 0.1) is 24.9 Å². The molecular formula is C24H30N8O3. The summed E-state index contributed by atoms with van der Waals surface area (Å²) in [5.41, 5.74) is 3.51. The third kappa shape index (κ3) is 5.64. The smallest absolute Gasteiger partial charge is 0.269 e. The van der Waals surface area contributed by atoms with E-state index >= 15 is 0 Å². The quantitative estimate of drug-likeness (QED) is 0.606. The second-order valence-electron chi connectivity index (χ2n) is 8.82. The van der Waals surface area contributed by atoms with Crippen molar-refractivity contribution >= 4 is 23.3 Å². The molecule has 4 heterocycles. The predicted octanol–water partition coefficient (Wildman–Crippen LogP) is 2.05. The number of azo groups is 1. The first-order valence-electron chi connectivity index (χ1n) is 11.9. The number of carbonyl (C=O) groups is 1. The summed E-state index contributed by atoms with van der Waals surface area (Å²) in [6.45, 7) is 9.09. The zero-order valence-corrected chi connectivity index (χ0v) is 20.0. The Bertz CT molecular complexity index is 1130. The summed E-state index contributed by atoms with van der Waals surface area (Å²) in [5.74, 6) is 1.02. The Morgan fingerprint density at radius 2 is 2.03 bits per heavy atom. The van der Waals surface area contributed by atoms with E-state index < -0.39 is 6.35 Å². The summed E-state index contributed by atoms with van der Waals surface area (Å²) >= 11 is 0. The molecule has 184 valence electrons. The average molecular weight is 479 g/mol. The van der Waals surface area contributed by atoms with Crippen LogP contribution in [0.4, 0.5) is 11.6 Å². The van der Waals surface area contributed by atoms with Crippen molar-refractivity contribution < 1.29 is 14.3 Å². The highest BCUT2D eigenvalue weighted by molar-refractivity contribution is 5.82. The Hall–Kier alpha value is -3.41. The number of aromatic nitrogens is 2. The summed E-state index contributed by atoms with van der Waals surface area (Å²) in [5, 5.41) is 14.8. The number of nitrogens with zero attached hydrogens (tertiary/aromatic N) is 6. The minimum absolute atomic E-state index is 0.00340. The van der Waals surface area contributed by atoms with Crippen LogP contribution in [0.2, 0.25) is 0 Å². The topological polar surface area (TPSA) is 117 Å². The molecule has 11 heteroatoms. The molecule has 2 fully saturated rings. The second kappa shape index (κ2) is 10.5. The van der Waals surface area contributed by atoms with E-state index in [0.717, 1.165) is 49.7 Å². The van der Waals surface area contributed by atoms with Gasteiger partial charge in [0.15, 0.2) is 0 Å². The Balaban J connectivity index is 1.38. The Morgan fingerprint density at radius 1 is 1.17 bits per heavy atom. The van der Waals surface area contributed by atoms with Gasteiger partial charge in [0.1, 0.15) is 5.76 Å². The summed E-state index contributed by atoms with van der Waals surface area (Å²) < 4.78 is 11.7. The van der Waals surface area contributed by atoms with E-state index in [1.165, 1.54) is 0 Å². The highest BCUT2D eigenvalue weighted by atomic mass is 16.5. The van der Waals surface area contributed by atoms with Gasteiger partial charge in [-0.25, -0.2) is 14.9 Å². The van der Waals surface area contributed by atoms with Gasteiger partial charge in [0.25, 0.3) is 5.95 Å².